The molecule has 0 saturated carbocycles. The molecule has 6 heteroatoms. The molecule has 0 aliphatic rings. The van der Waals surface area contributed by atoms with E-state index in [-0.39, 0.29) is 31.3 Å². The number of imidazole rings is 1. The van der Waals surface area contributed by atoms with Crippen LogP contribution in [0.2, 0.25) is 0 Å². The van der Waals surface area contributed by atoms with Crippen LogP contribution in [0, 0.1) is 11.8 Å². The smallest absolute Gasteiger partial charge is 0.242 e. The molecule has 6 nitrogen and oxygen atoms in total. The number of benzene rings is 3. The van der Waals surface area contributed by atoms with Crippen LogP contribution >= 0.6 is 0 Å². The van der Waals surface area contributed by atoms with Crippen molar-refractivity contribution in [1.82, 2.24) is 19.8 Å². The van der Waals surface area contributed by atoms with Gasteiger partial charge in [0.15, 0.2) is 0 Å². The van der Waals surface area contributed by atoms with Crippen molar-refractivity contribution in [3.05, 3.63) is 90.3 Å². The van der Waals surface area contributed by atoms with E-state index in [1.807, 2.05) is 76.2 Å². The summed E-state index contributed by atoms with van der Waals surface area (Å²) in [6.45, 7) is 10.4. The summed E-state index contributed by atoms with van der Waals surface area (Å²) in [5.41, 5.74) is 4.94. The minimum atomic E-state index is -0.0800. The molecule has 4 rings (SSSR count). The Labute approximate surface area is 225 Å². The summed E-state index contributed by atoms with van der Waals surface area (Å²) in [6.07, 6.45) is 0.283. The molecule has 1 heterocycles. The number of aromatic nitrogens is 2. The first-order chi connectivity index (χ1) is 18.3. The quantitative estimate of drug-likeness (QED) is 0.281. The molecular weight excluding hydrogens is 472 g/mol. The molecule has 198 valence electrons. The number of nitrogens with one attached hydrogen (secondary N) is 1. The molecule has 2 amide bonds. The highest BCUT2D eigenvalue weighted by molar-refractivity contribution is 5.82. The van der Waals surface area contributed by atoms with E-state index in [9.17, 15) is 9.59 Å². The maximum absolute atomic E-state index is 13.4. The number of carbonyl (C=O) groups is 2. The Bertz CT molecular complexity index is 1350. The lowest BCUT2D eigenvalue weighted by Crippen LogP contribution is -2.39. The number of hydrogen-bond acceptors (Lipinski definition) is 3. The fourth-order valence-corrected chi connectivity index (χ4v) is 4.70. The van der Waals surface area contributed by atoms with Gasteiger partial charge in [-0.05, 0) is 40.7 Å². The number of rotatable bonds is 11. The van der Waals surface area contributed by atoms with E-state index in [1.165, 1.54) is 0 Å². The van der Waals surface area contributed by atoms with Gasteiger partial charge in [-0.1, -0.05) is 94.4 Å². The minimum Gasteiger partial charge on any atom is -0.349 e. The SMILES string of the molecule is CC(C)CN(CC(C)C)C(=O)Cn1c(CNC(=O)Cc2ccc(-c3ccccc3)cc2)nc2ccccc21. The molecule has 4 aromatic rings. The minimum absolute atomic E-state index is 0.0710. The number of carbonyl (C=O) groups excluding carboxylic acids is 2. The lowest BCUT2D eigenvalue weighted by atomic mass is 10.0. The molecule has 0 unspecified atom stereocenters. The Kier molecular flexibility index (Phi) is 8.95. The van der Waals surface area contributed by atoms with Gasteiger partial charge >= 0.3 is 0 Å². The average Bonchev–Trinajstić information content (AvgIpc) is 3.24. The van der Waals surface area contributed by atoms with Crippen molar-refractivity contribution in [3.63, 3.8) is 0 Å². The molecule has 0 fully saturated rings. The molecule has 1 aromatic heterocycles. The van der Waals surface area contributed by atoms with Crippen LogP contribution in [0.5, 0.6) is 0 Å². The zero-order valence-corrected chi connectivity index (χ0v) is 22.9. The largest absolute Gasteiger partial charge is 0.349 e. The van der Waals surface area contributed by atoms with E-state index in [0.29, 0.717) is 17.7 Å². The van der Waals surface area contributed by atoms with Crippen molar-refractivity contribution < 1.29 is 9.59 Å². The highest BCUT2D eigenvalue weighted by Crippen LogP contribution is 2.20. The second-order valence-corrected chi connectivity index (χ2v) is 10.7. The van der Waals surface area contributed by atoms with Crippen molar-refractivity contribution in [2.75, 3.05) is 13.1 Å². The molecule has 38 heavy (non-hydrogen) atoms. The predicted molar refractivity (Wildman–Crippen MR) is 153 cm³/mol. The lowest BCUT2D eigenvalue weighted by molar-refractivity contribution is -0.132. The summed E-state index contributed by atoms with van der Waals surface area (Å²) in [5.74, 6) is 1.45. The number of nitrogens with zero attached hydrogens (tertiary/aromatic N) is 3. The van der Waals surface area contributed by atoms with Crippen LogP contribution in [0.1, 0.15) is 39.1 Å². The Morgan fingerprint density at radius 2 is 1.42 bits per heavy atom. The first-order valence-electron chi connectivity index (χ1n) is 13.4. The van der Waals surface area contributed by atoms with Crippen molar-refractivity contribution in [2.45, 2.75) is 47.2 Å². The van der Waals surface area contributed by atoms with Crippen LogP contribution in [0.3, 0.4) is 0 Å². The summed E-state index contributed by atoms with van der Waals surface area (Å²) in [6, 6.07) is 26.1. The molecule has 0 aliphatic carbocycles. The van der Waals surface area contributed by atoms with E-state index in [2.05, 4.69) is 45.1 Å². The molecule has 3 aromatic carbocycles. The molecule has 0 atom stereocenters. The van der Waals surface area contributed by atoms with Crippen molar-refractivity contribution >= 4 is 22.8 Å². The second-order valence-electron chi connectivity index (χ2n) is 10.7. The number of hydrogen-bond donors (Lipinski definition) is 1. The number of amides is 2. The van der Waals surface area contributed by atoms with Gasteiger partial charge in [-0.3, -0.25) is 9.59 Å². The Hall–Kier alpha value is -3.93. The van der Waals surface area contributed by atoms with Gasteiger partial charge in [0.2, 0.25) is 11.8 Å². The molecular formula is C32H38N4O2. The maximum atomic E-state index is 13.4. The lowest BCUT2D eigenvalue weighted by Gasteiger charge is -2.27. The van der Waals surface area contributed by atoms with Gasteiger partial charge in [0.25, 0.3) is 0 Å². The average molecular weight is 511 g/mol. The normalized spacial score (nSPS) is 11.3. The third-order valence-electron chi connectivity index (χ3n) is 6.42. The first kappa shape index (κ1) is 27.1. The van der Waals surface area contributed by atoms with E-state index in [0.717, 1.165) is 40.8 Å². The third-order valence-corrected chi connectivity index (χ3v) is 6.42. The van der Waals surface area contributed by atoms with E-state index in [4.69, 9.17) is 4.98 Å². The molecule has 0 radical (unpaired) electrons. The van der Waals surface area contributed by atoms with Crippen LogP contribution < -0.4 is 5.32 Å². The predicted octanol–water partition coefficient (Wildman–Crippen LogP) is 5.70. The standard InChI is InChI=1S/C32H38N4O2/c1-23(2)20-35(21-24(3)4)32(38)22-36-29-13-9-8-12-28(29)34-30(36)19-33-31(37)18-25-14-16-27(17-15-25)26-10-6-5-7-11-26/h5-17,23-24H,18-22H2,1-4H3,(H,33,37). The molecule has 1 N–H and O–H groups in total. The first-order valence-corrected chi connectivity index (χ1v) is 13.4. The summed E-state index contributed by atoms with van der Waals surface area (Å²) >= 11 is 0. The van der Waals surface area contributed by atoms with Gasteiger partial charge in [0.05, 0.1) is 24.0 Å². The summed E-state index contributed by atoms with van der Waals surface area (Å²) < 4.78 is 1.94. The van der Waals surface area contributed by atoms with Crippen molar-refractivity contribution in [1.29, 1.82) is 0 Å². The van der Waals surface area contributed by atoms with E-state index >= 15 is 0 Å². The summed E-state index contributed by atoms with van der Waals surface area (Å²) in [7, 11) is 0. The highest BCUT2D eigenvalue weighted by atomic mass is 16.2. The Morgan fingerprint density at radius 3 is 2.08 bits per heavy atom. The number of fused-ring (bicyclic) bond motifs is 1. The van der Waals surface area contributed by atoms with Gasteiger partial charge < -0.3 is 14.8 Å². The maximum Gasteiger partial charge on any atom is 0.242 e. The van der Waals surface area contributed by atoms with Gasteiger partial charge in [0, 0.05) is 13.1 Å². The van der Waals surface area contributed by atoms with Crippen LogP contribution in [0.15, 0.2) is 78.9 Å². The number of para-hydroxylation sites is 2. The van der Waals surface area contributed by atoms with Crippen LogP contribution in [0.4, 0.5) is 0 Å². The van der Waals surface area contributed by atoms with Gasteiger partial charge in [0.1, 0.15) is 12.4 Å². The van der Waals surface area contributed by atoms with Gasteiger partial charge in [-0.15, -0.1) is 0 Å². The van der Waals surface area contributed by atoms with Crippen molar-refractivity contribution in [2.24, 2.45) is 11.8 Å². The Balaban J connectivity index is 1.45. The highest BCUT2D eigenvalue weighted by Gasteiger charge is 2.20. The monoisotopic (exact) mass is 510 g/mol. The van der Waals surface area contributed by atoms with Crippen LogP contribution in [-0.4, -0.2) is 39.4 Å². The van der Waals surface area contributed by atoms with E-state index < -0.39 is 0 Å². The van der Waals surface area contributed by atoms with Gasteiger partial charge in [-0.2, -0.15) is 0 Å². The van der Waals surface area contributed by atoms with Crippen LogP contribution in [-0.2, 0) is 29.1 Å². The van der Waals surface area contributed by atoms with Crippen LogP contribution in [0.25, 0.3) is 22.2 Å². The summed E-state index contributed by atoms with van der Waals surface area (Å²) in [4.78, 5) is 32.9. The molecule has 0 bridgehead atoms. The Morgan fingerprint density at radius 1 is 0.816 bits per heavy atom. The zero-order chi connectivity index (χ0) is 27.1. The second kappa shape index (κ2) is 12.5. The topological polar surface area (TPSA) is 67.2 Å². The molecule has 0 saturated heterocycles. The fourth-order valence-electron chi connectivity index (χ4n) is 4.70. The molecule has 0 aliphatic heterocycles. The zero-order valence-electron chi connectivity index (χ0n) is 22.9. The van der Waals surface area contributed by atoms with E-state index in [1.54, 1.807) is 0 Å². The summed E-state index contributed by atoms with van der Waals surface area (Å²) in [5, 5.41) is 3.01. The fraction of sp³-hybridized carbons (Fsp3) is 0.344. The van der Waals surface area contributed by atoms with Crippen molar-refractivity contribution in [3.8, 4) is 11.1 Å². The molecule has 0 spiro atoms. The van der Waals surface area contributed by atoms with Gasteiger partial charge in [-0.25, -0.2) is 4.98 Å². The third kappa shape index (κ3) is 7.09.